The molecule has 0 spiro atoms. The van der Waals surface area contributed by atoms with Crippen LogP contribution in [0.25, 0.3) is 0 Å². The molecule has 2 N–H and O–H groups in total. The maximum atomic E-state index is 5.20. The molecule has 0 radical (unpaired) electrons. The first kappa shape index (κ1) is 15.9. The van der Waals surface area contributed by atoms with E-state index in [2.05, 4.69) is 27.4 Å². The number of azo groups is 1. The van der Waals surface area contributed by atoms with Crippen LogP contribution >= 0.6 is 12.2 Å². The second-order valence-corrected chi connectivity index (χ2v) is 5.26. The first-order chi connectivity index (χ1) is 10.6. The van der Waals surface area contributed by atoms with Gasteiger partial charge >= 0.3 is 0 Å². The fourth-order valence-corrected chi connectivity index (χ4v) is 1.82. The zero-order chi connectivity index (χ0) is 15.8. The van der Waals surface area contributed by atoms with Gasteiger partial charge < -0.3 is 10.6 Å². The minimum absolute atomic E-state index is 0.571. The zero-order valence-corrected chi connectivity index (χ0v) is 13.2. The summed E-state index contributed by atoms with van der Waals surface area (Å²) in [6.45, 7) is 6.43. The molecule has 4 nitrogen and oxygen atoms in total. The van der Waals surface area contributed by atoms with Crippen LogP contribution in [0.1, 0.15) is 6.92 Å². The van der Waals surface area contributed by atoms with Gasteiger partial charge in [-0.15, -0.1) is 0 Å². The number of anilines is 1. The first-order valence-corrected chi connectivity index (χ1v) is 7.30. The molecule has 0 heterocycles. The highest BCUT2D eigenvalue weighted by molar-refractivity contribution is 7.80. The van der Waals surface area contributed by atoms with Crippen molar-refractivity contribution in [3.8, 4) is 0 Å². The molecular formula is C17H18N4S. The van der Waals surface area contributed by atoms with E-state index >= 15 is 0 Å². The molecule has 0 saturated heterocycles. The predicted molar refractivity (Wildman–Crippen MR) is 96.1 cm³/mol. The molecule has 2 aromatic rings. The van der Waals surface area contributed by atoms with E-state index in [0.717, 1.165) is 22.6 Å². The largest absolute Gasteiger partial charge is 0.359 e. The molecule has 0 amide bonds. The third-order valence-corrected chi connectivity index (χ3v) is 2.96. The molecule has 0 unspecified atom stereocenters. The second-order valence-electron chi connectivity index (χ2n) is 4.85. The van der Waals surface area contributed by atoms with Crippen LogP contribution < -0.4 is 10.6 Å². The molecule has 0 aliphatic heterocycles. The van der Waals surface area contributed by atoms with Crippen molar-refractivity contribution in [2.24, 2.45) is 10.2 Å². The summed E-state index contributed by atoms with van der Waals surface area (Å²) in [6.07, 6.45) is 0. The minimum Gasteiger partial charge on any atom is -0.359 e. The van der Waals surface area contributed by atoms with Crippen LogP contribution in [0, 0.1) is 0 Å². The standard InChI is InChI=1S/C17H18N4S/c1-13(2)12-18-17(22)19-14-8-10-16(11-9-14)21-20-15-6-4-3-5-7-15/h3-11H,1,12H2,2H3,(H2,18,19,22). The second kappa shape index (κ2) is 8.05. The van der Waals surface area contributed by atoms with Crippen molar-refractivity contribution in [2.75, 3.05) is 11.9 Å². The van der Waals surface area contributed by atoms with E-state index in [4.69, 9.17) is 12.2 Å². The Morgan fingerprint density at radius 3 is 2.18 bits per heavy atom. The van der Waals surface area contributed by atoms with Gasteiger partial charge in [-0.05, 0) is 55.5 Å². The number of thiocarbonyl (C=S) groups is 1. The van der Waals surface area contributed by atoms with E-state index < -0.39 is 0 Å². The Morgan fingerprint density at radius 2 is 1.59 bits per heavy atom. The van der Waals surface area contributed by atoms with Crippen molar-refractivity contribution in [1.29, 1.82) is 0 Å². The summed E-state index contributed by atoms with van der Waals surface area (Å²) < 4.78 is 0. The highest BCUT2D eigenvalue weighted by Crippen LogP contribution is 2.19. The van der Waals surface area contributed by atoms with Gasteiger partial charge in [0.2, 0.25) is 0 Å². The molecular weight excluding hydrogens is 292 g/mol. The predicted octanol–water partition coefficient (Wildman–Crippen LogP) is 4.96. The van der Waals surface area contributed by atoms with E-state index in [1.54, 1.807) is 0 Å². The summed E-state index contributed by atoms with van der Waals surface area (Å²) >= 11 is 5.20. The Bertz CT molecular complexity index is 663. The van der Waals surface area contributed by atoms with Gasteiger partial charge in [0.1, 0.15) is 0 Å². The molecule has 112 valence electrons. The van der Waals surface area contributed by atoms with Gasteiger partial charge in [-0.2, -0.15) is 10.2 Å². The number of hydrogen-bond acceptors (Lipinski definition) is 3. The third kappa shape index (κ3) is 5.46. The van der Waals surface area contributed by atoms with Crippen molar-refractivity contribution in [3.05, 3.63) is 66.7 Å². The van der Waals surface area contributed by atoms with Crippen molar-refractivity contribution >= 4 is 34.4 Å². The van der Waals surface area contributed by atoms with Crippen LogP contribution in [0.5, 0.6) is 0 Å². The summed E-state index contributed by atoms with van der Waals surface area (Å²) in [5, 5.41) is 15.1. The number of rotatable bonds is 5. The Labute approximate surface area is 136 Å². The van der Waals surface area contributed by atoms with Crippen LogP contribution in [0.2, 0.25) is 0 Å². The summed E-state index contributed by atoms with van der Waals surface area (Å²) in [5.74, 6) is 0. The molecule has 5 heteroatoms. The SMILES string of the molecule is C=C(C)CNC(=S)Nc1ccc(N=Nc2ccccc2)cc1. The first-order valence-electron chi connectivity index (χ1n) is 6.89. The van der Waals surface area contributed by atoms with Crippen LogP contribution in [0.4, 0.5) is 17.1 Å². The summed E-state index contributed by atoms with van der Waals surface area (Å²) in [5.41, 5.74) is 3.55. The van der Waals surface area contributed by atoms with Crippen molar-refractivity contribution < 1.29 is 0 Å². The van der Waals surface area contributed by atoms with Gasteiger partial charge in [0, 0.05) is 12.2 Å². The molecule has 0 atom stereocenters. The monoisotopic (exact) mass is 310 g/mol. The van der Waals surface area contributed by atoms with E-state index in [1.807, 2.05) is 61.5 Å². The van der Waals surface area contributed by atoms with Crippen molar-refractivity contribution in [2.45, 2.75) is 6.92 Å². The van der Waals surface area contributed by atoms with Crippen LogP contribution in [0.3, 0.4) is 0 Å². The molecule has 2 rings (SSSR count). The van der Waals surface area contributed by atoms with Gasteiger partial charge in [-0.3, -0.25) is 0 Å². The lowest BCUT2D eigenvalue weighted by molar-refractivity contribution is 1.000. The maximum absolute atomic E-state index is 5.20. The quantitative estimate of drug-likeness (QED) is 0.466. The van der Waals surface area contributed by atoms with E-state index in [1.165, 1.54) is 0 Å². The molecule has 2 aromatic carbocycles. The smallest absolute Gasteiger partial charge is 0.171 e. The zero-order valence-electron chi connectivity index (χ0n) is 12.4. The lowest BCUT2D eigenvalue weighted by atomic mass is 10.3. The summed E-state index contributed by atoms with van der Waals surface area (Å²) in [7, 11) is 0. The molecule has 0 aromatic heterocycles. The molecule has 22 heavy (non-hydrogen) atoms. The Kier molecular flexibility index (Phi) is 5.80. The highest BCUT2D eigenvalue weighted by atomic mass is 32.1. The minimum atomic E-state index is 0.571. The summed E-state index contributed by atoms with van der Waals surface area (Å²) in [6, 6.07) is 17.2. The topological polar surface area (TPSA) is 48.8 Å². The Morgan fingerprint density at radius 1 is 1.00 bits per heavy atom. The Balaban J connectivity index is 1.91. The fourth-order valence-electron chi connectivity index (χ4n) is 1.63. The number of hydrogen-bond donors (Lipinski definition) is 2. The third-order valence-electron chi connectivity index (χ3n) is 2.71. The van der Waals surface area contributed by atoms with Crippen LogP contribution in [0.15, 0.2) is 77.0 Å². The number of benzene rings is 2. The van der Waals surface area contributed by atoms with Crippen LogP contribution in [-0.2, 0) is 0 Å². The average Bonchev–Trinajstić information content (AvgIpc) is 2.53. The maximum Gasteiger partial charge on any atom is 0.171 e. The molecule has 0 aliphatic rings. The van der Waals surface area contributed by atoms with Gasteiger partial charge in [0.05, 0.1) is 11.4 Å². The van der Waals surface area contributed by atoms with Crippen molar-refractivity contribution in [1.82, 2.24) is 5.32 Å². The number of nitrogens with zero attached hydrogens (tertiary/aromatic N) is 2. The molecule has 0 saturated carbocycles. The van der Waals surface area contributed by atoms with Crippen molar-refractivity contribution in [3.63, 3.8) is 0 Å². The highest BCUT2D eigenvalue weighted by Gasteiger charge is 1.98. The van der Waals surface area contributed by atoms with Gasteiger partial charge in [0.15, 0.2) is 5.11 Å². The van der Waals surface area contributed by atoms with Gasteiger partial charge in [-0.1, -0.05) is 30.4 Å². The molecule has 0 bridgehead atoms. The normalized spacial score (nSPS) is 10.4. The average molecular weight is 310 g/mol. The molecule has 0 fully saturated rings. The number of nitrogens with one attached hydrogen (secondary N) is 2. The molecule has 0 aliphatic carbocycles. The van der Waals surface area contributed by atoms with E-state index in [9.17, 15) is 0 Å². The van der Waals surface area contributed by atoms with E-state index in [0.29, 0.717) is 11.7 Å². The van der Waals surface area contributed by atoms with Gasteiger partial charge in [-0.25, -0.2) is 0 Å². The lowest BCUT2D eigenvalue weighted by Crippen LogP contribution is -2.29. The van der Waals surface area contributed by atoms with E-state index in [-0.39, 0.29) is 0 Å². The Hall–Kier alpha value is -2.53. The fraction of sp³-hybridized carbons (Fsp3) is 0.118. The summed E-state index contributed by atoms with van der Waals surface area (Å²) in [4.78, 5) is 0. The van der Waals surface area contributed by atoms with Crippen LogP contribution in [-0.4, -0.2) is 11.7 Å². The lowest BCUT2D eigenvalue weighted by Gasteiger charge is -2.10. The van der Waals surface area contributed by atoms with Gasteiger partial charge in [0.25, 0.3) is 0 Å².